The van der Waals surface area contributed by atoms with Crippen molar-refractivity contribution in [2.45, 2.75) is 26.5 Å². The lowest BCUT2D eigenvalue weighted by molar-refractivity contribution is 0.306. The van der Waals surface area contributed by atoms with Gasteiger partial charge in [-0.25, -0.2) is 4.98 Å². The van der Waals surface area contributed by atoms with Crippen molar-refractivity contribution in [3.05, 3.63) is 82.4 Å². The summed E-state index contributed by atoms with van der Waals surface area (Å²) < 4.78 is 7.59. The quantitative estimate of drug-likeness (QED) is 0.732. The zero-order valence-electron chi connectivity index (χ0n) is 14.2. The summed E-state index contributed by atoms with van der Waals surface area (Å²) in [6, 6.07) is 19.5. The van der Waals surface area contributed by atoms with Crippen LogP contribution in [0.5, 0.6) is 5.75 Å². The summed E-state index contributed by atoms with van der Waals surface area (Å²) in [4.78, 5) is 17.0. The molecule has 0 bridgehead atoms. The Bertz CT molecular complexity index is 930. The molecule has 0 unspecified atom stereocenters. The van der Waals surface area contributed by atoms with Crippen LogP contribution in [0.15, 0.2) is 65.5 Å². The zero-order valence-corrected chi connectivity index (χ0v) is 14.2. The maximum absolute atomic E-state index is 12.3. The molecule has 0 saturated heterocycles. The van der Waals surface area contributed by atoms with Crippen LogP contribution in [0, 0.1) is 5.92 Å². The van der Waals surface area contributed by atoms with Crippen molar-refractivity contribution >= 4 is 0 Å². The van der Waals surface area contributed by atoms with Crippen LogP contribution >= 0.6 is 0 Å². The molecule has 25 heavy (non-hydrogen) atoms. The topological polar surface area (TPSA) is 44.1 Å². The Morgan fingerprint density at radius 2 is 1.88 bits per heavy atom. The van der Waals surface area contributed by atoms with Crippen LogP contribution in [-0.2, 0) is 19.6 Å². The number of nitrogens with zero attached hydrogens (tertiary/aromatic N) is 2. The third-order valence-corrected chi connectivity index (χ3v) is 4.51. The molecule has 1 aliphatic heterocycles. The van der Waals surface area contributed by atoms with E-state index >= 15 is 0 Å². The molecule has 3 aromatic rings. The van der Waals surface area contributed by atoms with E-state index in [-0.39, 0.29) is 5.56 Å². The number of benzene rings is 2. The summed E-state index contributed by atoms with van der Waals surface area (Å²) in [6.45, 7) is 3.46. The van der Waals surface area contributed by atoms with E-state index in [1.807, 2.05) is 54.6 Å². The second kappa shape index (κ2) is 6.55. The van der Waals surface area contributed by atoms with Gasteiger partial charge in [0.15, 0.2) is 0 Å². The van der Waals surface area contributed by atoms with Crippen molar-refractivity contribution in [3.8, 4) is 17.0 Å². The summed E-state index contributed by atoms with van der Waals surface area (Å²) in [5, 5.41) is 0. The first-order chi connectivity index (χ1) is 12.2. The van der Waals surface area contributed by atoms with Crippen LogP contribution in [0.3, 0.4) is 0 Å². The molecular formula is C21H20N2O2. The maximum atomic E-state index is 12.3. The predicted molar refractivity (Wildman–Crippen MR) is 97.6 cm³/mol. The van der Waals surface area contributed by atoms with Crippen molar-refractivity contribution in [1.29, 1.82) is 0 Å². The number of hydrogen-bond acceptors (Lipinski definition) is 3. The van der Waals surface area contributed by atoms with Crippen molar-refractivity contribution in [2.75, 3.05) is 0 Å². The third kappa shape index (κ3) is 3.33. The van der Waals surface area contributed by atoms with Gasteiger partial charge in [0.25, 0.3) is 5.56 Å². The highest BCUT2D eigenvalue weighted by atomic mass is 16.5. The molecule has 4 nitrogen and oxygen atoms in total. The Morgan fingerprint density at radius 3 is 2.64 bits per heavy atom. The second-order valence-corrected chi connectivity index (χ2v) is 6.61. The van der Waals surface area contributed by atoms with Crippen LogP contribution in [0.25, 0.3) is 11.3 Å². The highest BCUT2D eigenvalue weighted by Crippen LogP contribution is 2.23. The molecule has 0 aliphatic carbocycles. The van der Waals surface area contributed by atoms with Gasteiger partial charge in [0.2, 0.25) is 0 Å². The highest BCUT2D eigenvalue weighted by molar-refractivity contribution is 5.59. The number of rotatable bonds is 4. The molecule has 0 spiro atoms. The average molecular weight is 332 g/mol. The molecule has 4 heteroatoms. The fraction of sp³-hybridized carbons (Fsp3) is 0.238. The average Bonchev–Trinajstić information content (AvgIpc) is 3.02. The highest BCUT2D eigenvalue weighted by Gasteiger charge is 2.20. The molecule has 126 valence electrons. The van der Waals surface area contributed by atoms with Gasteiger partial charge in [0.1, 0.15) is 18.2 Å². The minimum absolute atomic E-state index is 0.0359. The van der Waals surface area contributed by atoms with Crippen molar-refractivity contribution in [1.82, 2.24) is 9.55 Å². The molecule has 1 aromatic heterocycles. The lowest BCUT2D eigenvalue weighted by atomic mass is 10.1. The van der Waals surface area contributed by atoms with E-state index in [0.29, 0.717) is 12.5 Å². The number of ether oxygens (including phenoxy) is 1. The van der Waals surface area contributed by atoms with Crippen LogP contribution in [-0.4, -0.2) is 9.55 Å². The van der Waals surface area contributed by atoms with E-state index in [1.54, 1.807) is 10.6 Å². The predicted octanol–water partition coefficient (Wildman–Crippen LogP) is 3.68. The summed E-state index contributed by atoms with van der Waals surface area (Å²) >= 11 is 0. The van der Waals surface area contributed by atoms with E-state index in [2.05, 4.69) is 11.9 Å². The molecule has 0 fully saturated rings. The Kier molecular flexibility index (Phi) is 4.10. The Balaban J connectivity index is 1.52. The van der Waals surface area contributed by atoms with Crippen LogP contribution < -0.4 is 10.3 Å². The normalized spacial score (nSPS) is 15.8. The zero-order chi connectivity index (χ0) is 17.2. The third-order valence-electron chi connectivity index (χ3n) is 4.51. The maximum Gasteiger partial charge on any atom is 0.254 e. The van der Waals surface area contributed by atoms with E-state index < -0.39 is 0 Å². The summed E-state index contributed by atoms with van der Waals surface area (Å²) in [6.07, 6.45) is 0.862. The summed E-state index contributed by atoms with van der Waals surface area (Å²) in [5.41, 5.74) is 2.84. The Hall–Kier alpha value is -2.88. The minimum atomic E-state index is 0.0359. The van der Waals surface area contributed by atoms with Crippen LogP contribution in [0.1, 0.15) is 18.3 Å². The van der Waals surface area contributed by atoms with Crippen molar-refractivity contribution in [3.63, 3.8) is 0 Å². The molecule has 1 aliphatic rings. The van der Waals surface area contributed by atoms with Gasteiger partial charge in [0.05, 0.1) is 5.69 Å². The summed E-state index contributed by atoms with van der Waals surface area (Å²) in [7, 11) is 0. The first-order valence-electron chi connectivity index (χ1n) is 8.57. The van der Waals surface area contributed by atoms with Gasteiger partial charge in [-0.1, -0.05) is 37.3 Å². The van der Waals surface area contributed by atoms with Crippen LogP contribution in [0.2, 0.25) is 0 Å². The van der Waals surface area contributed by atoms with E-state index in [4.69, 9.17) is 4.74 Å². The SMILES string of the molecule is C[C@H]1Cc2nc(-c3ccc(OCc4ccccc4)cc3)cc(=O)n2C1. The lowest BCUT2D eigenvalue weighted by Crippen LogP contribution is -2.20. The molecule has 0 N–H and O–H groups in total. The minimum Gasteiger partial charge on any atom is -0.489 e. The smallest absolute Gasteiger partial charge is 0.254 e. The van der Waals surface area contributed by atoms with Crippen molar-refractivity contribution in [2.24, 2.45) is 5.92 Å². The lowest BCUT2D eigenvalue weighted by Gasteiger charge is -2.08. The Morgan fingerprint density at radius 1 is 1.12 bits per heavy atom. The molecule has 0 radical (unpaired) electrons. The molecular weight excluding hydrogens is 312 g/mol. The summed E-state index contributed by atoms with van der Waals surface area (Å²) in [5.74, 6) is 2.17. The fourth-order valence-corrected chi connectivity index (χ4v) is 3.20. The van der Waals surface area contributed by atoms with Crippen LogP contribution in [0.4, 0.5) is 0 Å². The van der Waals surface area contributed by atoms with E-state index in [0.717, 1.165) is 41.4 Å². The van der Waals surface area contributed by atoms with Gasteiger partial charge in [-0.15, -0.1) is 0 Å². The largest absolute Gasteiger partial charge is 0.489 e. The fourth-order valence-electron chi connectivity index (χ4n) is 3.20. The standard InChI is InChI=1S/C21H20N2O2/c1-15-11-20-22-19(12-21(24)23(20)13-15)17-7-9-18(10-8-17)25-14-16-5-3-2-4-6-16/h2-10,12,15H,11,13-14H2,1H3/t15-/m0/s1. The second-order valence-electron chi connectivity index (χ2n) is 6.61. The molecule has 2 heterocycles. The molecule has 0 saturated carbocycles. The van der Waals surface area contributed by atoms with Gasteiger partial charge < -0.3 is 4.74 Å². The van der Waals surface area contributed by atoms with Crippen molar-refractivity contribution < 1.29 is 4.74 Å². The number of fused-ring (bicyclic) bond motifs is 1. The first-order valence-corrected chi connectivity index (χ1v) is 8.57. The molecule has 0 amide bonds. The van der Waals surface area contributed by atoms with Gasteiger partial charge >= 0.3 is 0 Å². The first kappa shape index (κ1) is 15.6. The molecule has 4 rings (SSSR count). The number of hydrogen-bond donors (Lipinski definition) is 0. The van der Waals surface area contributed by atoms with Gasteiger partial charge in [0, 0.05) is 24.6 Å². The van der Waals surface area contributed by atoms with E-state index in [1.165, 1.54) is 0 Å². The molecule has 1 atom stereocenters. The van der Waals surface area contributed by atoms with E-state index in [9.17, 15) is 4.79 Å². The Labute approximate surface area is 146 Å². The van der Waals surface area contributed by atoms with Gasteiger partial charge in [-0.05, 0) is 35.7 Å². The molecule has 2 aromatic carbocycles. The van der Waals surface area contributed by atoms with Gasteiger partial charge in [-0.2, -0.15) is 0 Å². The monoisotopic (exact) mass is 332 g/mol. The van der Waals surface area contributed by atoms with Gasteiger partial charge in [-0.3, -0.25) is 9.36 Å². The number of aromatic nitrogens is 2.